The Hall–Kier alpha value is -3.26. The number of aryl methyl sites for hydroxylation is 3. The van der Waals surface area contributed by atoms with E-state index < -0.39 is 0 Å². The van der Waals surface area contributed by atoms with Gasteiger partial charge in [0.15, 0.2) is 10.8 Å². The first-order valence-corrected chi connectivity index (χ1v) is 12.5. The Morgan fingerprint density at radius 1 is 1.24 bits per heavy atom. The van der Waals surface area contributed by atoms with Gasteiger partial charge in [-0.2, -0.15) is 10.1 Å². The summed E-state index contributed by atoms with van der Waals surface area (Å²) in [5, 5.41) is 8.66. The number of aromatic nitrogens is 3. The van der Waals surface area contributed by atoms with Gasteiger partial charge < -0.3 is 10.2 Å². The van der Waals surface area contributed by atoms with Crippen molar-refractivity contribution in [3.8, 4) is 5.69 Å². The molecule has 1 N–H and O–H groups in total. The minimum absolute atomic E-state index is 0.0666. The molecule has 0 spiro atoms. The molecule has 1 unspecified atom stereocenters. The lowest BCUT2D eigenvalue weighted by Gasteiger charge is -2.32. The first kappa shape index (κ1) is 22.5. The number of anilines is 2. The van der Waals surface area contributed by atoms with Crippen molar-refractivity contribution in [2.45, 2.75) is 40.0 Å². The molecule has 1 atom stereocenters. The molecular weight excluding hydrogens is 449 g/mol. The Labute approximate surface area is 202 Å². The van der Waals surface area contributed by atoms with Crippen molar-refractivity contribution in [3.63, 3.8) is 0 Å². The number of thiazole rings is 1. The SMILES string of the molecule is CCc1cccc(C)c1NC(=O)C1CCCN(c2nc3c(s2)c(C)nn3-c2cccc(F)c2)C1. The van der Waals surface area contributed by atoms with Crippen LogP contribution in [0.2, 0.25) is 0 Å². The van der Waals surface area contributed by atoms with Gasteiger partial charge >= 0.3 is 0 Å². The number of para-hydroxylation sites is 1. The Balaban J connectivity index is 1.38. The largest absolute Gasteiger partial charge is 0.347 e. The summed E-state index contributed by atoms with van der Waals surface area (Å²) in [6, 6.07) is 12.5. The molecule has 0 aliphatic carbocycles. The van der Waals surface area contributed by atoms with Crippen molar-refractivity contribution in [2.75, 3.05) is 23.3 Å². The highest BCUT2D eigenvalue weighted by atomic mass is 32.1. The first-order chi connectivity index (χ1) is 16.4. The first-order valence-electron chi connectivity index (χ1n) is 11.7. The van der Waals surface area contributed by atoms with E-state index in [1.54, 1.807) is 22.1 Å². The van der Waals surface area contributed by atoms with E-state index in [1.807, 2.05) is 32.0 Å². The third-order valence-corrected chi connectivity index (χ3v) is 7.70. The van der Waals surface area contributed by atoms with Crippen molar-refractivity contribution in [2.24, 2.45) is 5.92 Å². The number of hydrogen-bond acceptors (Lipinski definition) is 5. The van der Waals surface area contributed by atoms with Gasteiger partial charge in [-0.25, -0.2) is 9.07 Å². The van der Waals surface area contributed by atoms with Crippen molar-refractivity contribution in [1.82, 2.24) is 14.8 Å². The second-order valence-corrected chi connectivity index (χ2v) is 9.84. The molecule has 8 heteroatoms. The summed E-state index contributed by atoms with van der Waals surface area (Å²) in [4.78, 5) is 20.3. The molecule has 3 heterocycles. The van der Waals surface area contributed by atoms with Crippen LogP contribution in [0.3, 0.4) is 0 Å². The maximum atomic E-state index is 13.8. The molecule has 1 saturated heterocycles. The highest BCUT2D eigenvalue weighted by Gasteiger charge is 2.29. The molecule has 2 aromatic carbocycles. The van der Waals surface area contributed by atoms with E-state index in [4.69, 9.17) is 4.98 Å². The molecule has 0 bridgehead atoms. The zero-order valence-corrected chi connectivity index (χ0v) is 20.5. The Morgan fingerprint density at radius 2 is 2.06 bits per heavy atom. The number of carbonyl (C=O) groups excluding carboxylic acids is 1. The zero-order chi connectivity index (χ0) is 23.8. The van der Waals surface area contributed by atoms with Crippen molar-refractivity contribution in [3.05, 3.63) is 65.1 Å². The topological polar surface area (TPSA) is 63.1 Å². The van der Waals surface area contributed by atoms with Gasteiger partial charge in [0.25, 0.3) is 0 Å². The number of benzene rings is 2. The van der Waals surface area contributed by atoms with Crippen molar-refractivity contribution < 1.29 is 9.18 Å². The number of rotatable bonds is 5. The van der Waals surface area contributed by atoms with E-state index in [-0.39, 0.29) is 17.6 Å². The third kappa shape index (κ3) is 4.18. The summed E-state index contributed by atoms with van der Waals surface area (Å²) >= 11 is 1.58. The van der Waals surface area contributed by atoms with Crippen LogP contribution in [0.25, 0.3) is 16.0 Å². The van der Waals surface area contributed by atoms with Gasteiger partial charge in [-0.05, 0) is 62.4 Å². The molecule has 34 heavy (non-hydrogen) atoms. The lowest BCUT2D eigenvalue weighted by atomic mass is 9.96. The fraction of sp³-hybridized carbons (Fsp3) is 0.346. The summed E-state index contributed by atoms with van der Waals surface area (Å²) in [5.41, 5.74) is 5.42. The number of piperidine rings is 1. The second-order valence-electron chi connectivity index (χ2n) is 8.86. The zero-order valence-electron chi connectivity index (χ0n) is 19.6. The predicted molar refractivity (Wildman–Crippen MR) is 136 cm³/mol. The van der Waals surface area contributed by atoms with Gasteiger partial charge in [0.1, 0.15) is 5.82 Å². The highest BCUT2D eigenvalue weighted by molar-refractivity contribution is 7.22. The van der Waals surface area contributed by atoms with Gasteiger partial charge in [-0.1, -0.05) is 42.5 Å². The summed E-state index contributed by atoms with van der Waals surface area (Å²) < 4.78 is 16.5. The van der Waals surface area contributed by atoms with Crippen LogP contribution < -0.4 is 10.2 Å². The van der Waals surface area contributed by atoms with Gasteiger partial charge in [0.05, 0.1) is 22.0 Å². The number of nitrogens with zero attached hydrogens (tertiary/aromatic N) is 4. The fourth-order valence-corrected chi connectivity index (χ4v) is 5.66. The fourth-order valence-electron chi connectivity index (χ4n) is 4.64. The molecule has 0 saturated carbocycles. The molecule has 1 aliphatic rings. The van der Waals surface area contributed by atoms with Crippen LogP contribution in [-0.2, 0) is 11.2 Å². The third-order valence-electron chi connectivity index (χ3n) is 6.48. The highest BCUT2D eigenvalue weighted by Crippen LogP contribution is 2.35. The molecule has 1 amide bonds. The van der Waals surface area contributed by atoms with Gasteiger partial charge in [-0.3, -0.25) is 4.79 Å². The summed E-state index contributed by atoms with van der Waals surface area (Å²) in [5.74, 6) is -0.346. The number of nitrogens with one attached hydrogen (secondary N) is 1. The van der Waals surface area contributed by atoms with Crippen LogP contribution in [0.5, 0.6) is 0 Å². The van der Waals surface area contributed by atoms with Crippen molar-refractivity contribution in [1.29, 1.82) is 0 Å². The Kier molecular flexibility index (Phi) is 6.08. The summed E-state index contributed by atoms with van der Waals surface area (Å²) in [6.07, 6.45) is 2.66. The van der Waals surface area contributed by atoms with E-state index in [9.17, 15) is 9.18 Å². The van der Waals surface area contributed by atoms with Crippen LogP contribution >= 0.6 is 11.3 Å². The maximum Gasteiger partial charge on any atom is 0.229 e. The monoisotopic (exact) mass is 477 g/mol. The Bertz CT molecular complexity index is 1360. The number of amides is 1. The van der Waals surface area contributed by atoms with Crippen molar-refractivity contribution >= 4 is 38.4 Å². The van der Waals surface area contributed by atoms with E-state index in [1.165, 1.54) is 12.1 Å². The molecule has 2 aromatic heterocycles. The minimum atomic E-state index is -0.306. The molecule has 1 fully saturated rings. The average molecular weight is 478 g/mol. The second kappa shape index (κ2) is 9.18. The molecule has 5 rings (SSSR count). The van der Waals surface area contributed by atoms with E-state index in [0.717, 1.165) is 63.8 Å². The maximum absolute atomic E-state index is 13.8. The summed E-state index contributed by atoms with van der Waals surface area (Å²) in [7, 11) is 0. The van der Waals surface area contributed by atoms with Gasteiger partial charge in [0.2, 0.25) is 5.91 Å². The molecule has 176 valence electrons. The van der Waals surface area contributed by atoms with Crippen LogP contribution in [0.4, 0.5) is 15.2 Å². The smallest absolute Gasteiger partial charge is 0.229 e. The number of fused-ring (bicyclic) bond motifs is 1. The molecule has 1 aliphatic heterocycles. The predicted octanol–water partition coefficient (Wildman–Crippen LogP) is 5.66. The standard InChI is InChI=1S/C26H28FN5OS/c1-4-18-9-5-8-16(2)22(18)28-25(33)19-10-7-13-31(15-19)26-29-24-23(34-26)17(3)30-32(24)21-12-6-11-20(27)14-21/h5-6,8-9,11-12,14,19H,4,7,10,13,15H2,1-3H3,(H,28,33). The minimum Gasteiger partial charge on any atom is -0.347 e. The molecule has 4 aromatic rings. The van der Waals surface area contributed by atoms with Crippen LogP contribution in [0, 0.1) is 25.6 Å². The van der Waals surface area contributed by atoms with Crippen LogP contribution in [0.15, 0.2) is 42.5 Å². The number of halogens is 1. The number of hydrogen-bond donors (Lipinski definition) is 1. The summed E-state index contributed by atoms with van der Waals surface area (Å²) in [6.45, 7) is 7.57. The molecular formula is C26H28FN5OS. The van der Waals surface area contributed by atoms with Gasteiger partial charge in [-0.15, -0.1) is 0 Å². The average Bonchev–Trinajstić information content (AvgIpc) is 3.41. The Morgan fingerprint density at radius 3 is 2.85 bits per heavy atom. The lowest BCUT2D eigenvalue weighted by molar-refractivity contribution is -0.120. The molecule has 0 radical (unpaired) electrons. The molecule has 6 nitrogen and oxygen atoms in total. The van der Waals surface area contributed by atoms with Crippen LogP contribution in [0.1, 0.15) is 36.6 Å². The van der Waals surface area contributed by atoms with E-state index in [0.29, 0.717) is 12.2 Å². The van der Waals surface area contributed by atoms with E-state index in [2.05, 4.69) is 28.3 Å². The van der Waals surface area contributed by atoms with Crippen LogP contribution in [-0.4, -0.2) is 33.8 Å². The van der Waals surface area contributed by atoms with E-state index >= 15 is 0 Å². The normalized spacial score (nSPS) is 16.2. The quantitative estimate of drug-likeness (QED) is 0.403. The number of carbonyl (C=O) groups is 1. The van der Waals surface area contributed by atoms with Gasteiger partial charge in [0, 0.05) is 18.8 Å². The lowest BCUT2D eigenvalue weighted by Crippen LogP contribution is -2.40.